The molecule has 0 aliphatic heterocycles. The van der Waals surface area contributed by atoms with Gasteiger partial charge in [-0.3, -0.25) is 4.79 Å². The molecule has 1 aromatic carbocycles. The minimum absolute atomic E-state index is 0.112. The number of benzene rings is 1. The molecule has 3 nitrogen and oxygen atoms in total. The monoisotopic (exact) mass is 260 g/mol. The molecule has 3 heteroatoms. The molecule has 1 aliphatic carbocycles. The zero-order chi connectivity index (χ0) is 13.9. The molecule has 0 heterocycles. The number of nitrogens with one attached hydrogen (secondary N) is 1. The molecule has 1 aromatic rings. The van der Waals surface area contributed by atoms with E-state index in [1.54, 1.807) is 0 Å². The van der Waals surface area contributed by atoms with Gasteiger partial charge in [0.15, 0.2) is 0 Å². The maximum atomic E-state index is 12.0. The van der Waals surface area contributed by atoms with Crippen molar-refractivity contribution in [2.75, 3.05) is 6.54 Å². The smallest absolute Gasteiger partial charge is 0.220 e. The lowest BCUT2D eigenvalue weighted by Crippen LogP contribution is -2.53. The first-order valence-corrected chi connectivity index (χ1v) is 7.10. The van der Waals surface area contributed by atoms with E-state index in [-0.39, 0.29) is 11.4 Å². The molecule has 1 saturated carbocycles. The Labute approximate surface area is 115 Å². The van der Waals surface area contributed by atoms with Crippen molar-refractivity contribution in [3.63, 3.8) is 0 Å². The quantitative estimate of drug-likeness (QED) is 0.823. The van der Waals surface area contributed by atoms with Crippen molar-refractivity contribution in [1.82, 2.24) is 5.32 Å². The number of rotatable bonds is 6. The first-order valence-electron chi connectivity index (χ1n) is 7.10. The number of carbonyl (C=O) groups is 1. The second-order valence-electron chi connectivity index (χ2n) is 5.93. The van der Waals surface area contributed by atoms with Crippen molar-refractivity contribution in [2.24, 2.45) is 11.7 Å². The maximum Gasteiger partial charge on any atom is 0.220 e. The summed E-state index contributed by atoms with van der Waals surface area (Å²) in [6.45, 7) is 4.65. The third-order valence-corrected chi connectivity index (χ3v) is 4.09. The van der Waals surface area contributed by atoms with Gasteiger partial charge in [-0.25, -0.2) is 0 Å². The van der Waals surface area contributed by atoms with Crippen LogP contribution >= 0.6 is 0 Å². The number of amides is 1. The first-order chi connectivity index (χ1) is 9.03. The van der Waals surface area contributed by atoms with Gasteiger partial charge in [0.2, 0.25) is 5.91 Å². The molecule has 1 unspecified atom stereocenters. The van der Waals surface area contributed by atoms with Crippen LogP contribution in [0.5, 0.6) is 0 Å². The second-order valence-corrected chi connectivity index (χ2v) is 5.93. The van der Waals surface area contributed by atoms with E-state index in [9.17, 15) is 4.79 Å². The molecule has 2 rings (SSSR count). The Bertz CT molecular complexity index is 437. The van der Waals surface area contributed by atoms with E-state index in [1.165, 1.54) is 24.0 Å². The molecule has 0 saturated heterocycles. The zero-order valence-electron chi connectivity index (χ0n) is 11.9. The first kappa shape index (κ1) is 14.1. The lowest BCUT2D eigenvalue weighted by molar-refractivity contribution is -0.123. The lowest BCUT2D eigenvalue weighted by atomic mass is 9.95. The maximum absolute atomic E-state index is 12.0. The molecule has 0 bridgehead atoms. The summed E-state index contributed by atoms with van der Waals surface area (Å²) in [7, 11) is 0. The van der Waals surface area contributed by atoms with E-state index in [0.29, 0.717) is 18.9 Å². The minimum atomic E-state index is -0.204. The van der Waals surface area contributed by atoms with Gasteiger partial charge in [0.05, 0.1) is 5.54 Å². The van der Waals surface area contributed by atoms with Gasteiger partial charge in [-0.05, 0) is 44.6 Å². The van der Waals surface area contributed by atoms with E-state index < -0.39 is 0 Å². The average Bonchev–Trinajstić information content (AvgIpc) is 3.22. The fraction of sp³-hybridized carbons (Fsp3) is 0.562. The van der Waals surface area contributed by atoms with Crippen molar-refractivity contribution in [1.29, 1.82) is 0 Å². The molecular weight excluding hydrogens is 236 g/mol. The van der Waals surface area contributed by atoms with Crippen molar-refractivity contribution in [3.05, 3.63) is 35.4 Å². The van der Waals surface area contributed by atoms with Gasteiger partial charge in [0, 0.05) is 13.0 Å². The van der Waals surface area contributed by atoms with E-state index >= 15 is 0 Å². The molecule has 1 fully saturated rings. The summed E-state index contributed by atoms with van der Waals surface area (Å²) >= 11 is 0. The summed E-state index contributed by atoms with van der Waals surface area (Å²) < 4.78 is 0. The number of hydrogen-bond donors (Lipinski definition) is 2. The van der Waals surface area contributed by atoms with E-state index in [4.69, 9.17) is 5.73 Å². The second kappa shape index (κ2) is 5.74. The summed E-state index contributed by atoms with van der Waals surface area (Å²) in [6, 6.07) is 8.35. The van der Waals surface area contributed by atoms with Crippen LogP contribution in [-0.2, 0) is 11.2 Å². The Hall–Kier alpha value is -1.35. The van der Waals surface area contributed by atoms with Crippen molar-refractivity contribution in [2.45, 2.75) is 45.1 Å². The van der Waals surface area contributed by atoms with Gasteiger partial charge in [-0.2, -0.15) is 0 Å². The third-order valence-electron chi connectivity index (χ3n) is 4.09. The molecular formula is C16H24N2O. The van der Waals surface area contributed by atoms with Crippen LogP contribution in [0.4, 0.5) is 0 Å². The van der Waals surface area contributed by atoms with Crippen LogP contribution in [-0.4, -0.2) is 18.0 Å². The van der Waals surface area contributed by atoms with Crippen LogP contribution in [0.1, 0.15) is 37.3 Å². The van der Waals surface area contributed by atoms with Gasteiger partial charge >= 0.3 is 0 Å². The summed E-state index contributed by atoms with van der Waals surface area (Å²) in [5, 5.41) is 3.12. The summed E-state index contributed by atoms with van der Waals surface area (Å²) in [5.74, 6) is 0.682. The van der Waals surface area contributed by atoms with Crippen molar-refractivity contribution in [3.8, 4) is 0 Å². The highest BCUT2D eigenvalue weighted by molar-refractivity contribution is 5.77. The Morgan fingerprint density at radius 1 is 1.37 bits per heavy atom. The molecule has 3 N–H and O–H groups in total. The Balaban J connectivity index is 1.82. The number of aryl methyl sites for hydroxylation is 2. The lowest BCUT2D eigenvalue weighted by Gasteiger charge is -2.29. The highest BCUT2D eigenvalue weighted by atomic mass is 16.1. The molecule has 19 heavy (non-hydrogen) atoms. The predicted molar refractivity (Wildman–Crippen MR) is 77.8 cm³/mol. The Morgan fingerprint density at radius 3 is 2.53 bits per heavy atom. The van der Waals surface area contributed by atoms with E-state index in [1.807, 2.05) is 0 Å². The molecule has 1 aliphatic rings. The largest absolute Gasteiger partial charge is 0.349 e. The van der Waals surface area contributed by atoms with Gasteiger partial charge in [0.25, 0.3) is 0 Å². The summed E-state index contributed by atoms with van der Waals surface area (Å²) in [5.41, 5.74) is 8.06. The fourth-order valence-electron chi connectivity index (χ4n) is 2.43. The molecule has 1 atom stereocenters. The van der Waals surface area contributed by atoms with Gasteiger partial charge in [-0.15, -0.1) is 0 Å². The van der Waals surface area contributed by atoms with Gasteiger partial charge in [-0.1, -0.05) is 29.8 Å². The van der Waals surface area contributed by atoms with Crippen LogP contribution in [0, 0.1) is 12.8 Å². The third kappa shape index (κ3) is 3.80. The van der Waals surface area contributed by atoms with Crippen molar-refractivity contribution < 1.29 is 4.79 Å². The SMILES string of the molecule is Cc1ccc(CCC(=O)NC(C)(CN)C2CC2)cc1. The molecule has 0 aromatic heterocycles. The van der Waals surface area contributed by atoms with Gasteiger partial charge in [0.1, 0.15) is 0 Å². The fourth-order valence-corrected chi connectivity index (χ4v) is 2.43. The number of carbonyl (C=O) groups excluding carboxylic acids is 1. The van der Waals surface area contributed by atoms with Crippen LogP contribution < -0.4 is 11.1 Å². The zero-order valence-corrected chi connectivity index (χ0v) is 11.9. The molecule has 1 amide bonds. The Morgan fingerprint density at radius 2 is 2.00 bits per heavy atom. The average molecular weight is 260 g/mol. The van der Waals surface area contributed by atoms with Crippen LogP contribution in [0.25, 0.3) is 0 Å². The van der Waals surface area contributed by atoms with Crippen LogP contribution in [0.3, 0.4) is 0 Å². The minimum Gasteiger partial charge on any atom is -0.349 e. The Kier molecular flexibility index (Phi) is 4.25. The van der Waals surface area contributed by atoms with E-state index in [2.05, 4.69) is 43.4 Å². The summed E-state index contributed by atoms with van der Waals surface area (Å²) in [6.07, 6.45) is 3.70. The van der Waals surface area contributed by atoms with Crippen molar-refractivity contribution >= 4 is 5.91 Å². The van der Waals surface area contributed by atoms with Crippen LogP contribution in [0.15, 0.2) is 24.3 Å². The van der Waals surface area contributed by atoms with Crippen LogP contribution in [0.2, 0.25) is 0 Å². The number of hydrogen-bond acceptors (Lipinski definition) is 2. The standard InChI is InChI=1S/C16H24N2O/c1-12-3-5-13(6-4-12)7-10-15(19)18-16(2,11-17)14-8-9-14/h3-6,14H,7-11,17H2,1-2H3,(H,18,19). The molecule has 104 valence electrons. The summed E-state index contributed by atoms with van der Waals surface area (Å²) in [4.78, 5) is 12.0. The highest BCUT2D eigenvalue weighted by Gasteiger charge is 2.41. The van der Waals surface area contributed by atoms with Gasteiger partial charge < -0.3 is 11.1 Å². The normalized spacial score (nSPS) is 17.8. The topological polar surface area (TPSA) is 55.1 Å². The number of nitrogens with two attached hydrogens (primary N) is 1. The molecule has 0 spiro atoms. The predicted octanol–water partition coefficient (Wildman–Crippen LogP) is 2.17. The highest BCUT2D eigenvalue weighted by Crippen LogP contribution is 2.38. The molecule has 0 radical (unpaired) electrons. The van der Waals surface area contributed by atoms with E-state index in [0.717, 1.165) is 6.42 Å².